The van der Waals surface area contributed by atoms with E-state index in [4.69, 9.17) is 4.42 Å². The monoisotopic (exact) mass is 342 g/mol. The Morgan fingerprint density at radius 3 is 2.23 bits per heavy atom. The largest absolute Gasteiger partial charge is 0.438 e. The molecule has 0 fully saturated rings. The van der Waals surface area contributed by atoms with Gasteiger partial charge in [0.15, 0.2) is 0 Å². The van der Waals surface area contributed by atoms with Crippen molar-refractivity contribution in [1.82, 2.24) is 0 Å². The maximum atomic E-state index is 11.1. The molecule has 0 unspecified atom stereocenters. The van der Waals surface area contributed by atoms with Crippen molar-refractivity contribution < 1.29 is 9.34 Å². The van der Waals surface area contributed by atoms with Crippen LogP contribution in [0, 0.1) is 10.1 Å². The minimum Gasteiger partial charge on any atom is -0.438 e. The van der Waals surface area contributed by atoms with Crippen LogP contribution in [-0.4, -0.2) is 4.92 Å². The number of para-hydroxylation sites is 1. The summed E-state index contributed by atoms with van der Waals surface area (Å²) in [4.78, 5) is 15.3. The minimum absolute atomic E-state index is 0.00433. The molecular formula is C21H14N2O3. The van der Waals surface area contributed by atoms with Crippen LogP contribution >= 0.6 is 0 Å². The lowest BCUT2D eigenvalue weighted by Gasteiger charge is -2.05. The first-order valence-corrected chi connectivity index (χ1v) is 8.08. The fraction of sp³-hybridized carbons (Fsp3) is 0. The third-order valence-corrected chi connectivity index (χ3v) is 4.02. The zero-order valence-electron chi connectivity index (χ0n) is 13.7. The molecule has 0 spiro atoms. The van der Waals surface area contributed by atoms with Crippen LogP contribution in [0.4, 0.5) is 11.4 Å². The van der Waals surface area contributed by atoms with Gasteiger partial charge in [0.2, 0.25) is 5.55 Å². The molecule has 0 saturated heterocycles. The predicted octanol–water partition coefficient (Wildman–Crippen LogP) is 5.24. The summed E-state index contributed by atoms with van der Waals surface area (Å²) in [5.74, 6) is 0.654. The smallest absolute Gasteiger partial charge is 0.270 e. The molecule has 4 aromatic rings. The van der Waals surface area contributed by atoms with Crippen molar-refractivity contribution in [2.45, 2.75) is 0 Å². The Hall–Kier alpha value is -3.73. The third-order valence-electron chi connectivity index (χ3n) is 4.02. The Labute approximate surface area is 149 Å². The van der Waals surface area contributed by atoms with Gasteiger partial charge in [-0.15, -0.1) is 0 Å². The maximum absolute atomic E-state index is 11.1. The van der Waals surface area contributed by atoms with Crippen molar-refractivity contribution in [2.24, 2.45) is 4.99 Å². The number of hydrogen-bond donors (Lipinski definition) is 0. The summed E-state index contributed by atoms with van der Waals surface area (Å²) in [6, 6.07) is 25.6. The van der Waals surface area contributed by atoms with Crippen LogP contribution < -0.4 is 5.55 Å². The van der Waals surface area contributed by atoms with Crippen LogP contribution in [0.1, 0.15) is 0 Å². The van der Waals surface area contributed by atoms with Gasteiger partial charge in [-0.3, -0.25) is 10.1 Å². The Bertz CT molecular complexity index is 1150. The second-order valence-electron chi connectivity index (χ2n) is 5.76. The van der Waals surface area contributed by atoms with E-state index in [1.165, 1.54) is 12.1 Å². The lowest BCUT2D eigenvalue weighted by molar-refractivity contribution is -0.384. The Morgan fingerprint density at radius 1 is 0.846 bits per heavy atom. The summed E-state index contributed by atoms with van der Waals surface area (Å²) in [6.07, 6.45) is 0. The van der Waals surface area contributed by atoms with Crippen molar-refractivity contribution >= 4 is 22.1 Å². The van der Waals surface area contributed by atoms with Gasteiger partial charge in [0.25, 0.3) is 5.69 Å². The molecule has 0 amide bonds. The van der Waals surface area contributed by atoms with Gasteiger partial charge in [-0.05, 0) is 29.7 Å². The standard InChI is InChI=1S/C21H14N2O3/c24-23(25)18-12-11-16-13-20(15-7-3-1-4-8-15)26-21(19(16)14-18)22-17-9-5-2-6-10-17/h1-14H. The highest BCUT2D eigenvalue weighted by Gasteiger charge is 2.11. The first-order chi connectivity index (χ1) is 12.7. The first kappa shape index (κ1) is 15.8. The zero-order valence-corrected chi connectivity index (χ0v) is 13.7. The summed E-state index contributed by atoms with van der Waals surface area (Å²) in [5, 5.41) is 12.6. The molecule has 0 aliphatic rings. The number of nitrogens with zero attached hydrogens (tertiary/aromatic N) is 2. The van der Waals surface area contributed by atoms with E-state index in [2.05, 4.69) is 4.99 Å². The summed E-state index contributed by atoms with van der Waals surface area (Å²) >= 11 is 0. The molecule has 1 heterocycles. The quantitative estimate of drug-likeness (QED) is 0.377. The zero-order chi connectivity index (χ0) is 17.9. The molecule has 3 aromatic carbocycles. The molecule has 0 bridgehead atoms. The fourth-order valence-electron chi connectivity index (χ4n) is 2.75. The average Bonchev–Trinajstić information content (AvgIpc) is 2.69. The lowest BCUT2D eigenvalue weighted by Crippen LogP contribution is -2.04. The maximum Gasteiger partial charge on any atom is 0.270 e. The number of benzene rings is 3. The van der Waals surface area contributed by atoms with E-state index in [-0.39, 0.29) is 5.69 Å². The molecule has 126 valence electrons. The van der Waals surface area contributed by atoms with Crippen LogP contribution in [-0.2, 0) is 0 Å². The molecule has 5 nitrogen and oxygen atoms in total. The molecule has 0 aliphatic heterocycles. The van der Waals surface area contributed by atoms with Gasteiger partial charge >= 0.3 is 0 Å². The van der Waals surface area contributed by atoms with Crippen LogP contribution in [0.25, 0.3) is 22.1 Å². The van der Waals surface area contributed by atoms with Crippen LogP contribution in [0.5, 0.6) is 0 Å². The van der Waals surface area contributed by atoms with Crippen molar-refractivity contribution in [3.63, 3.8) is 0 Å². The highest BCUT2D eigenvalue weighted by atomic mass is 16.6. The van der Waals surface area contributed by atoms with E-state index in [9.17, 15) is 10.1 Å². The summed E-state index contributed by atoms with van der Waals surface area (Å²) in [5.41, 5.74) is 1.98. The van der Waals surface area contributed by atoms with E-state index < -0.39 is 4.92 Å². The molecule has 0 aliphatic carbocycles. The SMILES string of the molecule is O=[N+]([O-])c1ccc2cc(-c3ccccc3)oc(=Nc3ccccc3)c2c1. The van der Waals surface area contributed by atoms with Gasteiger partial charge in [0.1, 0.15) is 5.76 Å². The number of nitro benzene ring substituents is 1. The molecule has 1 aromatic heterocycles. The van der Waals surface area contributed by atoms with Gasteiger partial charge in [-0.1, -0.05) is 48.5 Å². The van der Waals surface area contributed by atoms with Gasteiger partial charge in [-0.25, -0.2) is 4.99 Å². The Morgan fingerprint density at radius 2 is 1.54 bits per heavy atom. The van der Waals surface area contributed by atoms with Gasteiger partial charge < -0.3 is 4.42 Å². The highest BCUT2D eigenvalue weighted by Crippen LogP contribution is 2.25. The topological polar surface area (TPSA) is 68.6 Å². The second kappa shape index (κ2) is 6.64. The molecule has 26 heavy (non-hydrogen) atoms. The normalized spacial score (nSPS) is 11.6. The summed E-state index contributed by atoms with van der Waals surface area (Å²) in [7, 11) is 0. The van der Waals surface area contributed by atoms with E-state index in [0.717, 1.165) is 10.9 Å². The van der Waals surface area contributed by atoms with E-state index >= 15 is 0 Å². The number of hydrogen-bond acceptors (Lipinski definition) is 4. The fourth-order valence-corrected chi connectivity index (χ4v) is 2.75. The second-order valence-corrected chi connectivity index (χ2v) is 5.76. The van der Waals surface area contributed by atoms with E-state index in [1.54, 1.807) is 6.07 Å². The van der Waals surface area contributed by atoms with E-state index in [0.29, 0.717) is 22.4 Å². The number of nitro groups is 1. The van der Waals surface area contributed by atoms with Gasteiger partial charge in [0, 0.05) is 17.7 Å². The number of fused-ring (bicyclic) bond motifs is 1. The summed E-state index contributed by atoms with van der Waals surface area (Å²) < 4.78 is 6.03. The highest BCUT2D eigenvalue weighted by molar-refractivity contribution is 5.86. The molecule has 0 radical (unpaired) electrons. The first-order valence-electron chi connectivity index (χ1n) is 8.08. The number of non-ortho nitro benzene ring substituents is 1. The van der Waals surface area contributed by atoms with Crippen molar-refractivity contribution in [1.29, 1.82) is 0 Å². The van der Waals surface area contributed by atoms with Crippen molar-refractivity contribution in [2.75, 3.05) is 0 Å². The molecular weight excluding hydrogens is 328 g/mol. The van der Waals surface area contributed by atoms with Crippen molar-refractivity contribution in [3.8, 4) is 11.3 Å². The number of rotatable bonds is 3. The van der Waals surface area contributed by atoms with Crippen molar-refractivity contribution in [3.05, 3.63) is 101 Å². The minimum atomic E-state index is -0.420. The Kier molecular flexibility index (Phi) is 4.03. The van der Waals surface area contributed by atoms with Gasteiger partial charge in [0.05, 0.1) is 16.0 Å². The molecule has 0 atom stereocenters. The third kappa shape index (κ3) is 3.10. The average molecular weight is 342 g/mol. The predicted molar refractivity (Wildman–Crippen MR) is 100.0 cm³/mol. The van der Waals surface area contributed by atoms with Gasteiger partial charge in [-0.2, -0.15) is 0 Å². The molecule has 0 N–H and O–H groups in total. The van der Waals surface area contributed by atoms with Crippen LogP contribution in [0.3, 0.4) is 0 Å². The van der Waals surface area contributed by atoms with E-state index in [1.807, 2.05) is 66.7 Å². The molecule has 0 saturated carbocycles. The molecule has 4 rings (SSSR count). The van der Waals surface area contributed by atoms with Crippen LogP contribution in [0.15, 0.2) is 94.3 Å². The Balaban J connectivity index is 2.03. The van der Waals surface area contributed by atoms with Crippen LogP contribution in [0.2, 0.25) is 0 Å². The molecule has 5 heteroatoms. The summed E-state index contributed by atoms with van der Waals surface area (Å²) in [6.45, 7) is 0. The lowest BCUT2D eigenvalue weighted by atomic mass is 10.1.